The third-order valence-electron chi connectivity index (χ3n) is 19.1. The molecule has 2 spiro atoms. The highest BCUT2D eigenvalue weighted by molar-refractivity contribution is 5.85. The Morgan fingerprint density at radius 2 is 1.64 bits per heavy atom. The van der Waals surface area contributed by atoms with Gasteiger partial charge < -0.3 is 24.8 Å². The maximum Gasteiger partial charge on any atom is 0.331 e. The van der Waals surface area contributed by atoms with Crippen molar-refractivity contribution < 1.29 is 34.4 Å². The van der Waals surface area contributed by atoms with Gasteiger partial charge in [0.1, 0.15) is 12.7 Å². The molecule has 9 rings (SSSR count). The molecule has 12 atom stereocenters. The van der Waals surface area contributed by atoms with Crippen molar-refractivity contribution in [2.75, 3.05) is 6.61 Å². The first-order valence-corrected chi connectivity index (χ1v) is 24.7. The van der Waals surface area contributed by atoms with Gasteiger partial charge in [-0.25, -0.2) is 4.79 Å². The fourth-order valence-corrected chi connectivity index (χ4v) is 16.2. The van der Waals surface area contributed by atoms with Gasteiger partial charge in [0.15, 0.2) is 0 Å². The Kier molecular flexibility index (Phi) is 11.8. The molecule has 12 unspecified atom stereocenters. The Balaban J connectivity index is 1.25. The second kappa shape index (κ2) is 16.6. The minimum atomic E-state index is -1.71. The second-order valence-corrected chi connectivity index (χ2v) is 22.3. The monoisotopic (exact) mass is 835 g/mol. The van der Waals surface area contributed by atoms with Crippen molar-refractivity contribution >= 4 is 11.9 Å². The summed E-state index contributed by atoms with van der Waals surface area (Å²) in [6.45, 7) is 6.89. The van der Waals surface area contributed by atoms with Crippen LogP contribution < -0.4 is 0 Å². The lowest BCUT2D eigenvalue weighted by atomic mass is 9.34. The average molecular weight is 835 g/mol. The standard InChI is InChI=1S/C54H74O7/c1-37(15-12-18-38-16-6-4-7-17-38)33-40-21-22-43-51(26-10-11-27-51)28-14-30-52(43)29-13-25-49(2)35-42(61-48(52)58)46-50(3,41-19-8-5-9-20-41)31-24-44(55)54(46,47(40)57)53(49,59)32-23-39-34-45(56)60-36-39/h4,6-7,16-17,21-22,34,37,40-44,46-47,55,57,59H,5,8-12,14-15,18-20,23-24,26-33,35-36H2,1-3H3. The van der Waals surface area contributed by atoms with E-state index in [1.165, 1.54) is 12.0 Å². The van der Waals surface area contributed by atoms with E-state index in [2.05, 4.69) is 68.2 Å². The molecule has 61 heavy (non-hydrogen) atoms. The normalized spacial score (nSPS) is 42.2. The molecule has 3 aliphatic heterocycles. The Morgan fingerprint density at radius 3 is 2.38 bits per heavy atom. The Hall–Kier alpha value is -2.92. The summed E-state index contributed by atoms with van der Waals surface area (Å²) in [7, 11) is 0. The molecule has 3 N–H and O–H groups in total. The number of ether oxygens (including phenoxy) is 2. The van der Waals surface area contributed by atoms with Gasteiger partial charge in [0.05, 0.1) is 34.1 Å². The van der Waals surface area contributed by atoms with E-state index >= 15 is 4.79 Å². The smallest absolute Gasteiger partial charge is 0.331 e. The number of cyclic esters (lactones) is 1. The van der Waals surface area contributed by atoms with E-state index < -0.39 is 51.5 Å². The fourth-order valence-electron chi connectivity index (χ4n) is 16.2. The van der Waals surface area contributed by atoms with E-state index in [-0.39, 0.29) is 48.1 Å². The van der Waals surface area contributed by atoms with Gasteiger partial charge >= 0.3 is 11.9 Å². The number of benzene rings is 1. The molecule has 0 radical (unpaired) electrons. The third kappa shape index (κ3) is 7.02. The lowest BCUT2D eigenvalue weighted by molar-refractivity contribution is -0.342. The number of hydrogen-bond donors (Lipinski definition) is 3. The van der Waals surface area contributed by atoms with Crippen LogP contribution in [0.15, 0.2) is 54.1 Å². The van der Waals surface area contributed by atoms with Crippen LogP contribution in [0, 0.1) is 68.5 Å². The number of carbonyl (C=O) groups is 2. The van der Waals surface area contributed by atoms with E-state index in [1.807, 2.05) is 6.92 Å². The quantitative estimate of drug-likeness (QED) is 0.122. The number of allylic oxidation sites excluding steroid dienone is 1. The molecular formula is C54H74O7. The zero-order valence-corrected chi connectivity index (χ0v) is 37.5. The summed E-state index contributed by atoms with van der Waals surface area (Å²) in [6.07, 6.45) is 22.3. The number of rotatable bonds is 10. The number of aliphatic hydroxyl groups is 3. The summed E-state index contributed by atoms with van der Waals surface area (Å²) in [5.74, 6) is 6.43. The van der Waals surface area contributed by atoms with Crippen molar-refractivity contribution in [3.63, 3.8) is 0 Å². The third-order valence-corrected chi connectivity index (χ3v) is 19.1. The van der Waals surface area contributed by atoms with Gasteiger partial charge in [0, 0.05) is 30.8 Å². The Labute approximate surface area is 365 Å². The molecule has 5 fully saturated rings. The molecule has 5 aliphatic carbocycles. The molecule has 4 bridgehead atoms. The summed E-state index contributed by atoms with van der Waals surface area (Å²) in [4.78, 5) is 28.1. The van der Waals surface area contributed by atoms with E-state index in [1.54, 1.807) is 6.08 Å². The van der Waals surface area contributed by atoms with Gasteiger partial charge in [-0.3, -0.25) is 4.79 Å². The van der Waals surface area contributed by atoms with E-state index in [0.717, 1.165) is 95.5 Å². The maximum atomic E-state index is 15.7. The van der Waals surface area contributed by atoms with Crippen LogP contribution in [-0.2, 0) is 25.5 Å². The zero-order chi connectivity index (χ0) is 42.7. The largest absolute Gasteiger partial charge is 0.462 e. The number of esters is 2. The highest BCUT2D eigenvalue weighted by atomic mass is 16.5. The van der Waals surface area contributed by atoms with Gasteiger partial charge in [-0.2, -0.15) is 0 Å². The van der Waals surface area contributed by atoms with Crippen LogP contribution >= 0.6 is 0 Å². The van der Waals surface area contributed by atoms with Crippen molar-refractivity contribution in [3.8, 4) is 11.8 Å². The zero-order valence-electron chi connectivity index (χ0n) is 37.5. The minimum Gasteiger partial charge on any atom is -0.462 e. The molecule has 7 nitrogen and oxygen atoms in total. The molecular weight excluding hydrogens is 761 g/mol. The van der Waals surface area contributed by atoms with Crippen LogP contribution in [0.4, 0.5) is 0 Å². The van der Waals surface area contributed by atoms with Gasteiger partial charge in [0.2, 0.25) is 0 Å². The van der Waals surface area contributed by atoms with Crippen LogP contribution in [-0.4, -0.2) is 57.8 Å². The summed E-state index contributed by atoms with van der Waals surface area (Å²) in [5.41, 5.74) is -3.48. The summed E-state index contributed by atoms with van der Waals surface area (Å²) in [5, 5.41) is 41.8. The number of hydrogen-bond acceptors (Lipinski definition) is 7. The lowest BCUT2D eigenvalue weighted by Crippen LogP contribution is -2.80. The Morgan fingerprint density at radius 1 is 0.885 bits per heavy atom. The molecule has 1 aromatic rings. The van der Waals surface area contributed by atoms with Crippen LogP contribution in [0.25, 0.3) is 0 Å². The van der Waals surface area contributed by atoms with E-state index in [9.17, 15) is 20.1 Å². The highest BCUT2D eigenvalue weighted by Gasteiger charge is 2.79. The first kappa shape index (κ1) is 43.3. The molecule has 0 aromatic heterocycles. The number of fused-ring (bicyclic) bond motifs is 3. The van der Waals surface area contributed by atoms with Crippen molar-refractivity contribution in [2.45, 2.75) is 186 Å². The number of aliphatic hydroxyl groups excluding tert-OH is 2. The Bertz CT molecular complexity index is 1910. The van der Waals surface area contributed by atoms with E-state index in [4.69, 9.17) is 9.47 Å². The highest BCUT2D eigenvalue weighted by Crippen LogP contribution is 2.73. The average Bonchev–Trinajstić information content (AvgIpc) is 3.91. The van der Waals surface area contributed by atoms with Crippen molar-refractivity contribution in [3.05, 3.63) is 59.7 Å². The molecule has 1 aromatic carbocycles. The molecule has 8 aliphatic rings. The minimum absolute atomic E-state index is 0.0207. The molecule has 5 saturated carbocycles. The SMILES string of the molecule is CC(CCCc1ccccc1)CC1C=CC2C3(CCCC3)CCCC23CC#CC2(C)CC(OC3=O)C3C(C)(C4CCCCC4)CCC(O)C3(C1O)C2(O)CCC1=CC(=O)OC1. The van der Waals surface area contributed by atoms with Gasteiger partial charge in [-0.1, -0.05) is 107 Å². The molecule has 3 heterocycles. The maximum absolute atomic E-state index is 15.7. The van der Waals surface area contributed by atoms with Gasteiger partial charge in [0.25, 0.3) is 0 Å². The predicted molar refractivity (Wildman–Crippen MR) is 237 cm³/mol. The summed E-state index contributed by atoms with van der Waals surface area (Å²) in [6, 6.07) is 10.7. The topological polar surface area (TPSA) is 113 Å². The van der Waals surface area contributed by atoms with Crippen molar-refractivity contribution in [1.82, 2.24) is 0 Å². The summed E-state index contributed by atoms with van der Waals surface area (Å²) >= 11 is 0. The number of carbonyl (C=O) groups excluding carboxylic acids is 2. The fraction of sp³-hybridized carbons (Fsp3) is 0.741. The first-order valence-electron chi connectivity index (χ1n) is 24.7. The molecule has 7 heteroatoms. The van der Waals surface area contributed by atoms with E-state index in [0.29, 0.717) is 44.4 Å². The van der Waals surface area contributed by atoms with Gasteiger partial charge in [-0.05, 0) is 130 Å². The summed E-state index contributed by atoms with van der Waals surface area (Å²) < 4.78 is 12.7. The van der Waals surface area contributed by atoms with Crippen molar-refractivity contribution in [1.29, 1.82) is 0 Å². The van der Waals surface area contributed by atoms with Crippen LogP contribution in [0.1, 0.15) is 161 Å². The van der Waals surface area contributed by atoms with Gasteiger partial charge in [-0.15, -0.1) is 5.92 Å². The first-order chi connectivity index (χ1) is 29.3. The molecule has 0 saturated heterocycles. The second-order valence-electron chi connectivity index (χ2n) is 22.3. The molecule has 0 amide bonds. The van der Waals surface area contributed by atoms with Crippen LogP contribution in [0.5, 0.6) is 0 Å². The molecule has 332 valence electrons. The number of aryl methyl sites for hydroxylation is 1. The van der Waals surface area contributed by atoms with Crippen LogP contribution in [0.3, 0.4) is 0 Å². The lowest BCUT2D eigenvalue weighted by Gasteiger charge is -2.72. The predicted octanol–water partition coefficient (Wildman–Crippen LogP) is 10.00. The van der Waals surface area contributed by atoms with Crippen LogP contribution in [0.2, 0.25) is 0 Å². The van der Waals surface area contributed by atoms with Crippen molar-refractivity contribution in [2.24, 2.45) is 56.7 Å².